The Kier molecular flexibility index (Phi) is 5.28. The number of likely N-dealkylation sites (tertiary alicyclic amines) is 3. The Bertz CT molecular complexity index is 856. The number of fused-ring (bicyclic) bond motifs is 2. The molecule has 7 nitrogen and oxygen atoms in total. The summed E-state index contributed by atoms with van der Waals surface area (Å²) in [5, 5.41) is 9.20. The number of hydrogen-bond donors (Lipinski definition) is 1. The maximum atomic E-state index is 13.6. The highest BCUT2D eigenvalue weighted by atomic mass is 19.1. The predicted molar refractivity (Wildman–Crippen MR) is 104 cm³/mol. The summed E-state index contributed by atoms with van der Waals surface area (Å²) >= 11 is 0. The molecule has 0 spiro atoms. The molecule has 29 heavy (non-hydrogen) atoms. The van der Waals surface area contributed by atoms with Crippen molar-refractivity contribution in [3.8, 4) is 6.07 Å². The fourth-order valence-corrected chi connectivity index (χ4v) is 5.03. The number of carbonyl (C=O) groups excluding carboxylic acids is 2. The number of hydrogen-bond acceptors (Lipinski definition) is 5. The lowest BCUT2D eigenvalue weighted by molar-refractivity contribution is -0.141. The van der Waals surface area contributed by atoms with Crippen molar-refractivity contribution in [2.75, 3.05) is 19.6 Å². The summed E-state index contributed by atoms with van der Waals surface area (Å²) < 4.78 is 13.6. The molecule has 8 heteroatoms. The summed E-state index contributed by atoms with van der Waals surface area (Å²) in [4.78, 5) is 31.1. The van der Waals surface area contributed by atoms with Crippen LogP contribution in [0.1, 0.15) is 37.8 Å². The highest BCUT2D eigenvalue weighted by Gasteiger charge is 2.51. The number of nitrogens with two attached hydrogens (primary N) is 1. The average Bonchev–Trinajstić information content (AvgIpc) is 3.41. The van der Waals surface area contributed by atoms with Crippen LogP contribution < -0.4 is 5.73 Å². The third-order valence-corrected chi connectivity index (χ3v) is 6.50. The molecule has 0 aliphatic carbocycles. The molecule has 0 aromatic heterocycles. The Morgan fingerprint density at radius 2 is 2.24 bits per heavy atom. The Balaban J connectivity index is 1.40. The van der Waals surface area contributed by atoms with E-state index >= 15 is 0 Å². The maximum absolute atomic E-state index is 13.6. The third kappa shape index (κ3) is 3.49. The Morgan fingerprint density at radius 1 is 1.45 bits per heavy atom. The third-order valence-electron chi connectivity index (χ3n) is 6.50. The van der Waals surface area contributed by atoms with Crippen LogP contribution in [-0.4, -0.2) is 70.3 Å². The van der Waals surface area contributed by atoms with Gasteiger partial charge in [-0.3, -0.25) is 14.5 Å². The van der Waals surface area contributed by atoms with Gasteiger partial charge in [0.25, 0.3) is 0 Å². The molecule has 3 heterocycles. The van der Waals surface area contributed by atoms with Gasteiger partial charge in [0, 0.05) is 25.7 Å². The van der Waals surface area contributed by atoms with E-state index in [1.807, 2.05) is 22.8 Å². The van der Waals surface area contributed by atoms with E-state index in [1.54, 1.807) is 11.0 Å². The van der Waals surface area contributed by atoms with E-state index in [1.165, 1.54) is 12.1 Å². The molecule has 1 aromatic rings. The van der Waals surface area contributed by atoms with Gasteiger partial charge in [0.2, 0.25) is 11.8 Å². The lowest BCUT2D eigenvalue weighted by Crippen LogP contribution is -2.56. The largest absolute Gasteiger partial charge is 0.330 e. The molecule has 154 valence electrons. The van der Waals surface area contributed by atoms with E-state index in [9.17, 15) is 19.2 Å². The number of nitrogens with zero attached hydrogens (tertiary/aromatic N) is 4. The number of carbonyl (C=O) groups is 2. The first kappa shape index (κ1) is 19.8. The summed E-state index contributed by atoms with van der Waals surface area (Å²) in [5.74, 6) is -0.516. The second-order valence-electron chi connectivity index (χ2n) is 8.26. The molecule has 2 N–H and O–H groups in total. The zero-order valence-corrected chi connectivity index (χ0v) is 16.5. The van der Waals surface area contributed by atoms with Crippen LogP contribution >= 0.6 is 0 Å². The van der Waals surface area contributed by atoms with Crippen molar-refractivity contribution in [3.63, 3.8) is 0 Å². The molecular formula is C21H26FN5O2. The smallest absolute Gasteiger partial charge is 0.241 e. The highest BCUT2D eigenvalue weighted by molar-refractivity contribution is 5.87. The fraction of sp³-hybridized carbons (Fsp3) is 0.571. The Labute approximate surface area is 169 Å². The average molecular weight is 399 g/mol. The van der Waals surface area contributed by atoms with Crippen LogP contribution in [0.4, 0.5) is 4.39 Å². The zero-order valence-electron chi connectivity index (χ0n) is 16.5. The van der Waals surface area contributed by atoms with Crippen LogP contribution in [0.3, 0.4) is 0 Å². The van der Waals surface area contributed by atoms with E-state index < -0.39 is 12.1 Å². The van der Waals surface area contributed by atoms with E-state index in [4.69, 9.17) is 5.73 Å². The highest BCUT2D eigenvalue weighted by Crippen LogP contribution is 2.38. The molecule has 0 radical (unpaired) electrons. The van der Waals surface area contributed by atoms with Crippen molar-refractivity contribution >= 4 is 11.8 Å². The van der Waals surface area contributed by atoms with Crippen LogP contribution in [0.25, 0.3) is 0 Å². The number of amides is 2. The van der Waals surface area contributed by atoms with Crippen LogP contribution in [0.2, 0.25) is 0 Å². The number of piperazine rings is 1. The topological polar surface area (TPSA) is 93.7 Å². The van der Waals surface area contributed by atoms with Crippen molar-refractivity contribution in [2.45, 2.75) is 56.4 Å². The van der Waals surface area contributed by atoms with Crippen molar-refractivity contribution in [2.24, 2.45) is 5.73 Å². The minimum Gasteiger partial charge on any atom is -0.330 e. The van der Waals surface area contributed by atoms with Crippen molar-refractivity contribution in [1.82, 2.24) is 14.7 Å². The first-order valence-electron chi connectivity index (χ1n) is 10.2. The van der Waals surface area contributed by atoms with Crippen LogP contribution in [0, 0.1) is 17.1 Å². The normalized spacial score (nSPS) is 28.6. The van der Waals surface area contributed by atoms with E-state index in [0.717, 1.165) is 12.0 Å². The lowest BCUT2D eigenvalue weighted by Gasteiger charge is -2.38. The van der Waals surface area contributed by atoms with Gasteiger partial charge >= 0.3 is 0 Å². The van der Waals surface area contributed by atoms with Gasteiger partial charge < -0.3 is 15.5 Å². The molecule has 3 aliphatic heterocycles. The van der Waals surface area contributed by atoms with Crippen LogP contribution in [0.5, 0.6) is 0 Å². The molecule has 3 saturated heterocycles. The second kappa shape index (κ2) is 7.73. The van der Waals surface area contributed by atoms with Gasteiger partial charge in [-0.05, 0) is 43.9 Å². The Morgan fingerprint density at radius 3 is 2.93 bits per heavy atom. The molecule has 3 aliphatic rings. The van der Waals surface area contributed by atoms with Gasteiger partial charge in [-0.1, -0.05) is 12.1 Å². The van der Waals surface area contributed by atoms with Gasteiger partial charge in [-0.25, -0.2) is 4.39 Å². The van der Waals surface area contributed by atoms with Crippen LogP contribution in [0.15, 0.2) is 24.3 Å². The number of nitriles is 1. The van der Waals surface area contributed by atoms with E-state index in [2.05, 4.69) is 6.07 Å². The number of benzene rings is 1. The van der Waals surface area contributed by atoms with Gasteiger partial charge in [0.05, 0.1) is 24.2 Å². The quantitative estimate of drug-likeness (QED) is 0.798. The molecule has 1 unspecified atom stereocenters. The molecule has 2 amide bonds. The van der Waals surface area contributed by atoms with Gasteiger partial charge in [0.15, 0.2) is 0 Å². The van der Waals surface area contributed by atoms with E-state index in [-0.39, 0.29) is 35.8 Å². The Hall–Kier alpha value is -2.50. The number of rotatable bonds is 5. The first-order chi connectivity index (χ1) is 13.9. The van der Waals surface area contributed by atoms with Crippen molar-refractivity contribution in [3.05, 3.63) is 35.6 Å². The molecule has 4 rings (SSSR count). The van der Waals surface area contributed by atoms with Crippen LogP contribution in [-0.2, 0) is 9.59 Å². The van der Waals surface area contributed by atoms with Gasteiger partial charge in [-0.15, -0.1) is 0 Å². The molecule has 3 fully saturated rings. The molecule has 0 saturated carbocycles. The van der Waals surface area contributed by atoms with E-state index in [0.29, 0.717) is 32.5 Å². The minimum absolute atomic E-state index is 0.00809. The fourth-order valence-electron chi connectivity index (χ4n) is 5.03. The summed E-state index contributed by atoms with van der Waals surface area (Å²) in [6.45, 7) is 3.44. The zero-order chi connectivity index (χ0) is 20.7. The summed E-state index contributed by atoms with van der Waals surface area (Å²) in [5.41, 5.74) is 6.94. The number of halogens is 1. The molecule has 1 aromatic carbocycles. The summed E-state index contributed by atoms with van der Waals surface area (Å²) in [7, 11) is 0. The SMILES string of the molecule is C[C@H](c1cccc(F)c1)N1C(=O)[C@H]2CC1CN2C[C@H](N)C(=O)N1CCC[C@H]1C#N. The van der Waals surface area contributed by atoms with Gasteiger partial charge in [-0.2, -0.15) is 5.26 Å². The first-order valence-corrected chi connectivity index (χ1v) is 10.2. The minimum atomic E-state index is -0.745. The monoisotopic (exact) mass is 399 g/mol. The molecule has 5 atom stereocenters. The van der Waals surface area contributed by atoms with Gasteiger partial charge in [0.1, 0.15) is 11.9 Å². The maximum Gasteiger partial charge on any atom is 0.241 e. The van der Waals surface area contributed by atoms with Crippen molar-refractivity contribution in [1.29, 1.82) is 5.26 Å². The summed E-state index contributed by atoms with van der Waals surface area (Å²) in [6.07, 6.45) is 2.20. The molecule has 2 bridgehead atoms. The van der Waals surface area contributed by atoms with Crippen molar-refractivity contribution < 1.29 is 14.0 Å². The molecular weight excluding hydrogens is 373 g/mol. The predicted octanol–water partition coefficient (Wildman–Crippen LogP) is 1.01. The standard InChI is InChI=1S/C21H26FN5O2/c1-13(14-4-2-5-15(22)8-14)27-17-9-19(21(27)29)25(11-17)12-18(24)20(28)26-7-3-6-16(26)10-23/h2,4-5,8,13,16-19H,3,6-7,9,11-12,24H2,1H3/t13-,16+,17?,18+,19-/m1/s1. The second-order valence-corrected chi connectivity index (χ2v) is 8.26. The summed E-state index contributed by atoms with van der Waals surface area (Å²) in [6, 6.07) is 6.92. The lowest BCUT2D eigenvalue weighted by atomic mass is 10.1.